The molecule has 0 bridgehead atoms. The van der Waals surface area contributed by atoms with Gasteiger partial charge in [-0.1, -0.05) is 13.5 Å². The number of likely N-dealkylation sites (N-methyl/N-ethyl adjacent to an activating group) is 1. The zero-order valence-electron chi connectivity index (χ0n) is 22.2. The van der Waals surface area contributed by atoms with Crippen LogP contribution >= 0.6 is 0 Å². The van der Waals surface area contributed by atoms with Crippen molar-refractivity contribution < 1.29 is 14.7 Å². The van der Waals surface area contributed by atoms with E-state index in [2.05, 4.69) is 26.4 Å². The maximum atomic E-state index is 13.8. The lowest BCUT2D eigenvalue weighted by atomic mass is 10.0. The molecule has 1 aromatic heterocycles. The van der Waals surface area contributed by atoms with E-state index in [4.69, 9.17) is 0 Å². The number of nitrogens with zero attached hydrogens (tertiary/aromatic N) is 6. The number of piperazine rings is 1. The van der Waals surface area contributed by atoms with Crippen molar-refractivity contribution in [1.82, 2.24) is 24.7 Å². The van der Waals surface area contributed by atoms with Gasteiger partial charge in [-0.05, 0) is 58.3 Å². The number of aromatic nitrogens is 2. The molecule has 1 amide bonds. The van der Waals surface area contributed by atoms with Crippen molar-refractivity contribution in [3.05, 3.63) is 52.9 Å². The number of amidine groups is 1. The monoisotopic (exact) mass is 482 g/mol. The maximum Gasteiger partial charge on any atom is 0.276 e. The summed E-state index contributed by atoms with van der Waals surface area (Å²) in [6.07, 6.45) is 3.63. The van der Waals surface area contributed by atoms with Crippen LogP contribution in [-0.4, -0.2) is 87.1 Å². The highest BCUT2D eigenvalue weighted by atomic mass is 16.3. The molecule has 1 N–H and O–H groups in total. The van der Waals surface area contributed by atoms with Crippen LogP contribution in [0.2, 0.25) is 0 Å². The van der Waals surface area contributed by atoms with Crippen LogP contribution in [0.5, 0.6) is 5.75 Å². The van der Waals surface area contributed by atoms with Gasteiger partial charge in [0.05, 0.1) is 11.4 Å². The van der Waals surface area contributed by atoms with Gasteiger partial charge in [-0.15, -0.1) is 0 Å². The molecule has 1 aromatic rings. The smallest absolute Gasteiger partial charge is 0.276 e. The topological polar surface area (TPSA) is 102 Å². The molecule has 1 saturated heterocycles. The normalized spacial score (nSPS) is 16.0. The van der Waals surface area contributed by atoms with Gasteiger partial charge in [-0.3, -0.25) is 9.59 Å². The van der Waals surface area contributed by atoms with E-state index in [1.165, 1.54) is 6.33 Å². The maximum absolute atomic E-state index is 13.8. The standard InChI is InChI=1S/C26H38N6O3/c1-10-19-14-31(26(35)22-24(33)18(7)27-15-28-22)12-13-32(19)23(17(5)6)25(34)21(16(3)4)29-20(11-2)30(8)9/h11,15,19,33H,2,10,12-14H2,1,3-9H3. The molecule has 0 aromatic carbocycles. The molecular weight excluding hydrogens is 444 g/mol. The van der Waals surface area contributed by atoms with Gasteiger partial charge in [0, 0.05) is 39.8 Å². The number of aromatic hydroxyl groups is 1. The van der Waals surface area contributed by atoms with Crippen LogP contribution < -0.4 is 0 Å². The second-order valence-corrected chi connectivity index (χ2v) is 9.26. The van der Waals surface area contributed by atoms with Crippen LogP contribution in [-0.2, 0) is 4.79 Å². The van der Waals surface area contributed by atoms with Crippen LogP contribution in [0.3, 0.4) is 0 Å². The Kier molecular flexibility index (Phi) is 9.33. The molecule has 1 aliphatic heterocycles. The van der Waals surface area contributed by atoms with Crippen LogP contribution in [0.15, 0.2) is 46.5 Å². The summed E-state index contributed by atoms with van der Waals surface area (Å²) in [6.45, 7) is 16.4. The van der Waals surface area contributed by atoms with Crippen molar-refractivity contribution in [2.75, 3.05) is 33.7 Å². The third-order valence-corrected chi connectivity index (χ3v) is 5.98. The van der Waals surface area contributed by atoms with Gasteiger partial charge in [0.2, 0.25) is 5.78 Å². The minimum absolute atomic E-state index is 0.00104. The summed E-state index contributed by atoms with van der Waals surface area (Å²) in [7, 11) is 3.71. The summed E-state index contributed by atoms with van der Waals surface area (Å²) in [5.41, 5.74) is 3.05. The van der Waals surface area contributed by atoms with Crippen molar-refractivity contribution in [3.63, 3.8) is 0 Å². The zero-order chi connectivity index (χ0) is 26.4. The van der Waals surface area contributed by atoms with E-state index in [-0.39, 0.29) is 29.2 Å². The summed E-state index contributed by atoms with van der Waals surface area (Å²) < 4.78 is 0. The fraction of sp³-hybridized carbons (Fsp3) is 0.500. The molecule has 0 radical (unpaired) electrons. The third kappa shape index (κ3) is 6.15. The van der Waals surface area contributed by atoms with Crippen molar-refractivity contribution in [2.45, 2.75) is 54.0 Å². The van der Waals surface area contributed by atoms with Gasteiger partial charge in [-0.25, -0.2) is 15.0 Å². The third-order valence-electron chi connectivity index (χ3n) is 5.98. The van der Waals surface area contributed by atoms with E-state index in [9.17, 15) is 14.7 Å². The highest BCUT2D eigenvalue weighted by Gasteiger charge is 2.35. The molecule has 0 aliphatic carbocycles. The molecule has 0 spiro atoms. The average Bonchev–Trinajstić information content (AvgIpc) is 2.80. The van der Waals surface area contributed by atoms with Crippen LogP contribution in [0.1, 0.15) is 57.2 Å². The van der Waals surface area contributed by atoms with Crippen LogP contribution in [0, 0.1) is 6.92 Å². The molecule has 1 atom stereocenters. The van der Waals surface area contributed by atoms with Gasteiger partial charge < -0.3 is 19.8 Å². The molecule has 1 unspecified atom stereocenters. The second kappa shape index (κ2) is 11.8. The fourth-order valence-electron chi connectivity index (χ4n) is 4.05. The Morgan fingerprint density at radius 3 is 2.37 bits per heavy atom. The number of aliphatic imine (C=N–C) groups is 1. The number of carbonyl (C=O) groups is 2. The van der Waals surface area contributed by atoms with E-state index in [1.54, 1.807) is 17.9 Å². The van der Waals surface area contributed by atoms with Gasteiger partial charge in [0.25, 0.3) is 5.91 Å². The molecule has 1 aliphatic rings. The van der Waals surface area contributed by atoms with Crippen molar-refractivity contribution in [3.8, 4) is 5.75 Å². The Morgan fingerprint density at radius 1 is 1.20 bits per heavy atom. The number of Topliss-reactive ketones (excluding diaryl/α,β-unsaturated/α-hetero) is 1. The molecule has 2 heterocycles. The summed E-state index contributed by atoms with van der Waals surface area (Å²) in [6, 6.07) is -0.0817. The van der Waals surface area contributed by atoms with Crippen molar-refractivity contribution in [1.29, 1.82) is 0 Å². The predicted molar refractivity (Wildman–Crippen MR) is 138 cm³/mol. The highest BCUT2D eigenvalue weighted by molar-refractivity contribution is 6.10. The zero-order valence-corrected chi connectivity index (χ0v) is 22.2. The van der Waals surface area contributed by atoms with Crippen LogP contribution in [0.25, 0.3) is 0 Å². The molecule has 35 heavy (non-hydrogen) atoms. The molecular formula is C26H38N6O3. The van der Waals surface area contributed by atoms with Crippen molar-refractivity contribution in [2.24, 2.45) is 4.99 Å². The van der Waals surface area contributed by atoms with Gasteiger partial charge in [0.1, 0.15) is 17.9 Å². The molecule has 190 valence electrons. The lowest BCUT2D eigenvalue weighted by Crippen LogP contribution is -2.55. The quantitative estimate of drug-likeness (QED) is 0.361. The number of ketones is 1. The first-order valence-electron chi connectivity index (χ1n) is 11.8. The highest BCUT2D eigenvalue weighted by Crippen LogP contribution is 2.27. The van der Waals surface area contributed by atoms with E-state index in [0.717, 1.165) is 17.6 Å². The largest absolute Gasteiger partial charge is 0.504 e. The van der Waals surface area contributed by atoms with Gasteiger partial charge in [0.15, 0.2) is 11.4 Å². The SMILES string of the molecule is C=CC(=NC(C(=O)C(=C(C)C)N1CCN(C(=O)c2ncnc(C)c2O)CC1CC)=C(C)C)N(C)C. The van der Waals surface area contributed by atoms with Gasteiger partial charge in [-0.2, -0.15) is 0 Å². The minimum atomic E-state index is -0.340. The van der Waals surface area contributed by atoms with E-state index in [1.807, 2.05) is 53.6 Å². The predicted octanol–water partition coefficient (Wildman–Crippen LogP) is 3.33. The Labute approximate surface area is 208 Å². The molecule has 1 fully saturated rings. The number of rotatable bonds is 7. The molecule has 9 nitrogen and oxygen atoms in total. The number of carbonyl (C=O) groups excluding carboxylic acids is 2. The number of amides is 1. The number of hydrogen-bond acceptors (Lipinski definition) is 7. The van der Waals surface area contributed by atoms with E-state index >= 15 is 0 Å². The molecule has 2 rings (SSSR count). The molecule has 0 saturated carbocycles. The van der Waals surface area contributed by atoms with Crippen molar-refractivity contribution >= 4 is 17.5 Å². The van der Waals surface area contributed by atoms with Crippen LogP contribution in [0.4, 0.5) is 0 Å². The Bertz CT molecular complexity index is 1080. The lowest BCUT2D eigenvalue weighted by molar-refractivity contribution is -0.114. The average molecular weight is 483 g/mol. The minimum Gasteiger partial charge on any atom is -0.504 e. The fourth-order valence-corrected chi connectivity index (χ4v) is 4.05. The van der Waals surface area contributed by atoms with E-state index < -0.39 is 0 Å². The summed E-state index contributed by atoms with van der Waals surface area (Å²) in [5.74, 6) is -0.0796. The van der Waals surface area contributed by atoms with Gasteiger partial charge >= 0.3 is 0 Å². The summed E-state index contributed by atoms with van der Waals surface area (Å²) >= 11 is 0. The Hall–Kier alpha value is -3.49. The number of aryl methyl sites for hydroxylation is 1. The second-order valence-electron chi connectivity index (χ2n) is 9.26. The van der Waals surface area contributed by atoms with E-state index in [0.29, 0.717) is 42.6 Å². The summed E-state index contributed by atoms with van der Waals surface area (Å²) in [5, 5.41) is 10.3. The first-order chi connectivity index (χ1) is 16.4. The first kappa shape index (κ1) is 27.8. The summed E-state index contributed by atoms with van der Waals surface area (Å²) in [4.78, 5) is 45.1. The first-order valence-corrected chi connectivity index (χ1v) is 11.8. The Morgan fingerprint density at radius 2 is 1.86 bits per heavy atom. The number of hydrogen-bond donors (Lipinski definition) is 1. The Balaban J connectivity index is 2.39. The lowest BCUT2D eigenvalue weighted by Gasteiger charge is -2.43. The molecule has 9 heteroatoms. The number of allylic oxidation sites excluding steroid dienone is 2.